The van der Waals surface area contributed by atoms with Crippen LogP contribution in [-0.2, 0) is 16.7 Å². The molecule has 1 heterocycles. The zero-order valence-corrected chi connectivity index (χ0v) is 10.9. The van der Waals surface area contributed by atoms with Crippen LogP contribution in [0.1, 0.15) is 13.3 Å². The molecule has 0 fully saturated rings. The van der Waals surface area contributed by atoms with Crippen LogP contribution < -0.4 is 11.2 Å². The number of nitrogens with one attached hydrogen (secondary N) is 1. The summed E-state index contributed by atoms with van der Waals surface area (Å²) >= 11 is 0. The van der Waals surface area contributed by atoms with Crippen molar-refractivity contribution in [3.8, 4) is 0 Å². The molecule has 0 aliphatic carbocycles. The lowest BCUT2D eigenvalue weighted by molar-refractivity contribution is 0.483. The average Bonchev–Trinajstić information content (AvgIpc) is 2.32. The van der Waals surface area contributed by atoms with Gasteiger partial charge in [0.25, 0.3) is 15.7 Å². The van der Waals surface area contributed by atoms with E-state index in [1.807, 2.05) is 0 Å². The van der Waals surface area contributed by atoms with E-state index in [0.717, 1.165) is 10.6 Å². The highest BCUT2D eigenvalue weighted by molar-refractivity contribution is 7.86. The molecule has 0 unspecified atom stereocenters. The second-order valence-electron chi connectivity index (χ2n) is 4.04. The number of fused-ring (bicyclic) bond motifs is 1. The Labute approximate surface area is 108 Å². The molecule has 2 N–H and O–H groups in total. The van der Waals surface area contributed by atoms with Gasteiger partial charge in [-0.2, -0.15) is 8.42 Å². The molecule has 0 saturated carbocycles. The SMILES string of the molecule is CCCn1c(=O)[nH]c(=O)c2cccc(S(=O)(=O)O)c21. The Balaban J connectivity index is 3.10. The fourth-order valence-electron chi connectivity index (χ4n) is 1.96. The summed E-state index contributed by atoms with van der Waals surface area (Å²) in [5.74, 6) is 0. The average molecular weight is 284 g/mol. The van der Waals surface area contributed by atoms with E-state index >= 15 is 0 Å². The number of aromatic nitrogens is 2. The molecule has 0 amide bonds. The molecule has 0 radical (unpaired) electrons. The largest absolute Gasteiger partial charge is 0.328 e. The number of H-pyrrole nitrogens is 1. The first-order valence-corrected chi connectivity index (χ1v) is 7.03. The van der Waals surface area contributed by atoms with Gasteiger partial charge in [-0.1, -0.05) is 13.0 Å². The Morgan fingerprint density at radius 3 is 2.58 bits per heavy atom. The van der Waals surface area contributed by atoms with Gasteiger partial charge in [-0.25, -0.2) is 4.79 Å². The van der Waals surface area contributed by atoms with Gasteiger partial charge in [0.1, 0.15) is 4.90 Å². The third-order valence-electron chi connectivity index (χ3n) is 2.70. The molecule has 8 heteroatoms. The van der Waals surface area contributed by atoms with E-state index in [4.69, 9.17) is 0 Å². The molecule has 0 spiro atoms. The Morgan fingerprint density at radius 2 is 2.00 bits per heavy atom. The van der Waals surface area contributed by atoms with Gasteiger partial charge in [0.15, 0.2) is 0 Å². The molecule has 19 heavy (non-hydrogen) atoms. The van der Waals surface area contributed by atoms with Crippen molar-refractivity contribution < 1.29 is 13.0 Å². The summed E-state index contributed by atoms with van der Waals surface area (Å²) in [7, 11) is -4.52. The second kappa shape index (κ2) is 4.63. The standard InChI is InChI=1S/C11H12N2O5S/c1-2-6-13-9-7(10(14)12-11(13)15)4-3-5-8(9)19(16,17)18/h3-5H,2,6H2,1H3,(H,12,14,15)(H,16,17,18). The van der Waals surface area contributed by atoms with Crippen LogP contribution in [0.2, 0.25) is 0 Å². The summed E-state index contributed by atoms with van der Waals surface area (Å²) in [6.45, 7) is 2.04. The lowest BCUT2D eigenvalue weighted by Crippen LogP contribution is -2.31. The maximum atomic E-state index is 11.8. The summed E-state index contributed by atoms with van der Waals surface area (Å²) in [5, 5.41) is 0.0446. The monoisotopic (exact) mass is 284 g/mol. The van der Waals surface area contributed by atoms with Crippen molar-refractivity contribution in [1.82, 2.24) is 9.55 Å². The number of hydrogen-bond donors (Lipinski definition) is 2. The quantitative estimate of drug-likeness (QED) is 0.790. The van der Waals surface area contributed by atoms with Crippen molar-refractivity contribution in [2.24, 2.45) is 0 Å². The van der Waals surface area contributed by atoms with Gasteiger partial charge < -0.3 is 0 Å². The van der Waals surface area contributed by atoms with E-state index in [1.54, 1.807) is 6.92 Å². The van der Waals surface area contributed by atoms with E-state index in [2.05, 4.69) is 4.98 Å². The molecule has 2 aromatic rings. The predicted molar refractivity (Wildman–Crippen MR) is 68.9 cm³/mol. The van der Waals surface area contributed by atoms with E-state index in [9.17, 15) is 22.6 Å². The Bertz CT molecular complexity index is 847. The van der Waals surface area contributed by atoms with Crippen LogP contribution in [0.3, 0.4) is 0 Å². The highest BCUT2D eigenvalue weighted by atomic mass is 32.2. The Morgan fingerprint density at radius 1 is 1.32 bits per heavy atom. The zero-order chi connectivity index (χ0) is 14.2. The molecule has 0 saturated heterocycles. The molecular formula is C11H12N2O5S. The molecule has 7 nitrogen and oxygen atoms in total. The smallest absolute Gasteiger partial charge is 0.292 e. The van der Waals surface area contributed by atoms with Crippen molar-refractivity contribution in [2.75, 3.05) is 0 Å². The number of benzene rings is 1. The minimum atomic E-state index is -4.52. The number of rotatable bonds is 3. The summed E-state index contributed by atoms with van der Waals surface area (Å²) in [6, 6.07) is 3.89. The lowest BCUT2D eigenvalue weighted by Gasteiger charge is -2.10. The molecule has 1 aromatic heterocycles. The van der Waals surface area contributed by atoms with Crippen molar-refractivity contribution in [3.05, 3.63) is 39.0 Å². The van der Waals surface area contributed by atoms with Gasteiger partial charge in [0, 0.05) is 6.54 Å². The number of nitrogens with zero attached hydrogens (tertiary/aromatic N) is 1. The Hall–Kier alpha value is -1.93. The van der Waals surface area contributed by atoms with Crippen LogP contribution in [0, 0.1) is 0 Å². The van der Waals surface area contributed by atoms with Crippen molar-refractivity contribution >= 4 is 21.0 Å². The summed E-state index contributed by atoms with van der Waals surface area (Å²) in [6.07, 6.45) is 0.570. The van der Waals surface area contributed by atoms with Crippen LogP contribution in [0.5, 0.6) is 0 Å². The van der Waals surface area contributed by atoms with E-state index in [-0.39, 0.29) is 17.4 Å². The lowest BCUT2D eigenvalue weighted by atomic mass is 10.2. The third kappa shape index (κ3) is 2.32. The first kappa shape index (κ1) is 13.5. The van der Waals surface area contributed by atoms with E-state index in [1.165, 1.54) is 12.1 Å². The minimum Gasteiger partial charge on any atom is -0.292 e. The van der Waals surface area contributed by atoms with Crippen LogP contribution in [0.15, 0.2) is 32.7 Å². The molecule has 102 valence electrons. The zero-order valence-electron chi connectivity index (χ0n) is 10.1. The van der Waals surface area contributed by atoms with Gasteiger partial charge in [0.2, 0.25) is 0 Å². The van der Waals surface area contributed by atoms with Crippen molar-refractivity contribution in [1.29, 1.82) is 0 Å². The summed E-state index contributed by atoms with van der Waals surface area (Å²) < 4.78 is 33.1. The molecular weight excluding hydrogens is 272 g/mol. The highest BCUT2D eigenvalue weighted by Crippen LogP contribution is 2.19. The molecule has 0 atom stereocenters. The third-order valence-corrected chi connectivity index (χ3v) is 3.59. The highest BCUT2D eigenvalue weighted by Gasteiger charge is 2.18. The fourth-order valence-corrected chi connectivity index (χ4v) is 2.68. The number of para-hydroxylation sites is 1. The number of aryl methyl sites for hydroxylation is 1. The van der Waals surface area contributed by atoms with Crippen LogP contribution in [-0.4, -0.2) is 22.5 Å². The van der Waals surface area contributed by atoms with Crippen molar-refractivity contribution in [3.63, 3.8) is 0 Å². The van der Waals surface area contributed by atoms with E-state index < -0.39 is 26.3 Å². The van der Waals surface area contributed by atoms with Crippen LogP contribution in [0.4, 0.5) is 0 Å². The van der Waals surface area contributed by atoms with Gasteiger partial charge >= 0.3 is 5.69 Å². The summed E-state index contributed by atoms with van der Waals surface area (Å²) in [4.78, 5) is 25.1. The van der Waals surface area contributed by atoms with Gasteiger partial charge in [-0.05, 0) is 18.6 Å². The first-order chi connectivity index (χ1) is 8.86. The van der Waals surface area contributed by atoms with E-state index in [0.29, 0.717) is 6.42 Å². The molecule has 0 bridgehead atoms. The Kier molecular flexibility index (Phi) is 3.29. The topological polar surface area (TPSA) is 109 Å². The van der Waals surface area contributed by atoms with Gasteiger partial charge in [-0.3, -0.25) is 18.9 Å². The van der Waals surface area contributed by atoms with Gasteiger partial charge in [-0.15, -0.1) is 0 Å². The van der Waals surface area contributed by atoms with Gasteiger partial charge in [0.05, 0.1) is 10.9 Å². The fraction of sp³-hybridized carbons (Fsp3) is 0.273. The molecule has 0 aliphatic rings. The molecule has 2 rings (SSSR count). The first-order valence-electron chi connectivity index (χ1n) is 5.59. The predicted octanol–water partition coefficient (Wildman–Crippen LogP) is 0.346. The minimum absolute atomic E-state index is 0.0446. The summed E-state index contributed by atoms with van der Waals surface area (Å²) in [5.41, 5.74) is -1.45. The number of aromatic amines is 1. The van der Waals surface area contributed by atoms with Crippen LogP contribution in [0.25, 0.3) is 10.9 Å². The normalized spacial score (nSPS) is 11.9. The molecule has 1 aromatic carbocycles. The van der Waals surface area contributed by atoms with Crippen LogP contribution >= 0.6 is 0 Å². The number of hydrogen-bond acceptors (Lipinski definition) is 4. The second-order valence-corrected chi connectivity index (χ2v) is 5.43. The maximum Gasteiger partial charge on any atom is 0.328 e. The molecule has 0 aliphatic heterocycles. The van der Waals surface area contributed by atoms with Crippen molar-refractivity contribution in [2.45, 2.75) is 24.8 Å². The maximum absolute atomic E-state index is 11.8.